The molecule has 1 aliphatic heterocycles. The molecule has 0 aromatic carbocycles. The molecule has 136 valence electrons. The first-order valence-electron chi connectivity index (χ1n) is 8.63. The molecule has 1 aliphatic rings. The maximum Gasteiger partial charge on any atom is 0.410 e. The third-order valence-electron chi connectivity index (χ3n) is 3.68. The highest BCUT2D eigenvalue weighted by molar-refractivity contribution is 5.68. The average molecular weight is 330 g/mol. The minimum atomic E-state index is -0.433. The van der Waals surface area contributed by atoms with Gasteiger partial charge in [-0.1, -0.05) is 0 Å². The van der Waals surface area contributed by atoms with Crippen LogP contribution in [0, 0.1) is 0 Å². The van der Waals surface area contributed by atoms with Crippen molar-refractivity contribution in [2.24, 2.45) is 0 Å². The molecule has 0 radical (unpaired) electrons. The van der Waals surface area contributed by atoms with Gasteiger partial charge in [-0.3, -0.25) is 0 Å². The Morgan fingerprint density at radius 2 is 1.96 bits per heavy atom. The van der Waals surface area contributed by atoms with Gasteiger partial charge in [0.05, 0.1) is 12.7 Å². The number of amides is 1. The number of carbonyl (C=O) groups is 1. The molecule has 6 nitrogen and oxygen atoms in total. The third-order valence-corrected chi connectivity index (χ3v) is 3.68. The fraction of sp³-hybridized carbons (Fsp3) is 0.941. The van der Waals surface area contributed by atoms with Crippen molar-refractivity contribution in [1.82, 2.24) is 10.2 Å². The lowest BCUT2D eigenvalue weighted by Gasteiger charge is -2.33. The lowest BCUT2D eigenvalue weighted by molar-refractivity contribution is -0.0118. The first-order chi connectivity index (χ1) is 10.8. The molecule has 1 saturated heterocycles. The number of likely N-dealkylation sites (tertiary alicyclic amines) is 1. The van der Waals surface area contributed by atoms with E-state index in [4.69, 9.17) is 14.2 Å². The summed E-state index contributed by atoms with van der Waals surface area (Å²) in [5, 5.41) is 3.39. The summed E-state index contributed by atoms with van der Waals surface area (Å²) in [4.78, 5) is 13.8. The van der Waals surface area contributed by atoms with E-state index in [9.17, 15) is 4.79 Å². The van der Waals surface area contributed by atoms with Crippen molar-refractivity contribution >= 4 is 6.09 Å². The quantitative estimate of drug-likeness (QED) is 0.693. The number of piperidine rings is 1. The van der Waals surface area contributed by atoms with Gasteiger partial charge in [0.25, 0.3) is 0 Å². The van der Waals surface area contributed by atoms with Crippen LogP contribution in [0.2, 0.25) is 0 Å². The van der Waals surface area contributed by atoms with Gasteiger partial charge >= 0.3 is 6.09 Å². The average Bonchev–Trinajstić information content (AvgIpc) is 2.46. The Kier molecular flexibility index (Phi) is 8.87. The van der Waals surface area contributed by atoms with Crippen molar-refractivity contribution in [1.29, 1.82) is 0 Å². The number of carbonyl (C=O) groups excluding carboxylic acids is 1. The fourth-order valence-electron chi connectivity index (χ4n) is 2.51. The molecule has 0 spiro atoms. The number of hydrogen-bond donors (Lipinski definition) is 1. The number of ether oxygens (including phenoxy) is 3. The van der Waals surface area contributed by atoms with Gasteiger partial charge in [-0.15, -0.1) is 0 Å². The van der Waals surface area contributed by atoms with Gasteiger partial charge in [-0.2, -0.15) is 0 Å². The molecule has 1 amide bonds. The molecular weight excluding hydrogens is 296 g/mol. The Balaban J connectivity index is 2.09. The van der Waals surface area contributed by atoms with Crippen LogP contribution in [0.15, 0.2) is 0 Å². The van der Waals surface area contributed by atoms with Crippen molar-refractivity contribution in [2.75, 3.05) is 40.0 Å². The second-order valence-corrected chi connectivity index (χ2v) is 7.20. The van der Waals surface area contributed by atoms with Gasteiger partial charge in [0.2, 0.25) is 0 Å². The Bertz CT molecular complexity index is 336. The Hall–Kier alpha value is -0.850. The molecule has 1 rings (SSSR count). The number of rotatable bonds is 8. The monoisotopic (exact) mass is 330 g/mol. The van der Waals surface area contributed by atoms with Crippen LogP contribution in [-0.2, 0) is 14.2 Å². The molecule has 6 heteroatoms. The van der Waals surface area contributed by atoms with Crippen LogP contribution in [0.1, 0.15) is 47.0 Å². The molecule has 1 N–H and O–H groups in total. The van der Waals surface area contributed by atoms with Crippen LogP contribution >= 0.6 is 0 Å². The van der Waals surface area contributed by atoms with Gasteiger partial charge in [0, 0.05) is 32.8 Å². The van der Waals surface area contributed by atoms with E-state index in [0.29, 0.717) is 19.1 Å². The fourth-order valence-corrected chi connectivity index (χ4v) is 2.51. The topological polar surface area (TPSA) is 60.0 Å². The van der Waals surface area contributed by atoms with Crippen LogP contribution in [0.4, 0.5) is 4.79 Å². The zero-order valence-electron chi connectivity index (χ0n) is 15.4. The highest BCUT2D eigenvalue weighted by Crippen LogP contribution is 2.17. The highest BCUT2D eigenvalue weighted by atomic mass is 16.6. The van der Waals surface area contributed by atoms with Gasteiger partial charge in [0.1, 0.15) is 5.60 Å². The lowest BCUT2D eigenvalue weighted by atomic mass is 10.1. The normalized spacial score (nSPS) is 18.0. The summed E-state index contributed by atoms with van der Waals surface area (Å²) in [5.41, 5.74) is -0.433. The summed E-state index contributed by atoms with van der Waals surface area (Å²) in [7, 11) is 1.71. The maximum atomic E-state index is 12.0. The van der Waals surface area contributed by atoms with E-state index in [1.54, 1.807) is 12.0 Å². The van der Waals surface area contributed by atoms with Crippen LogP contribution in [0.3, 0.4) is 0 Å². The van der Waals surface area contributed by atoms with Crippen LogP contribution < -0.4 is 5.32 Å². The third kappa shape index (κ3) is 9.13. The van der Waals surface area contributed by atoms with Crippen molar-refractivity contribution in [3.05, 3.63) is 0 Å². The largest absolute Gasteiger partial charge is 0.444 e. The van der Waals surface area contributed by atoms with Crippen LogP contribution in [0.5, 0.6) is 0 Å². The van der Waals surface area contributed by atoms with Gasteiger partial charge in [-0.05, 0) is 53.5 Å². The standard InChI is InChI=1S/C17H34N2O4/c1-14(13-21-5)18-9-6-12-22-15-7-10-19(11-8-15)16(20)23-17(2,3)4/h14-15,18H,6-13H2,1-5H3. The summed E-state index contributed by atoms with van der Waals surface area (Å²) in [6, 6.07) is 0.372. The van der Waals surface area contributed by atoms with Gasteiger partial charge in [0.15, 0.2) is 0 Å². The Morgan fingerprint density at radius 3 is 2.52 bits per heavy atom. The first kappa shape index (κ1) is 20.2. The molecule has 0 bridgehead atoms. The molecule has 0 aromatic heterocycles. The summed E-state index contributed by atoms with van der Waals surface area (Å²) in [6.07, 6.45) is 2.79. The number of nitrogens with one attached hydrogen (secondary N) is 1. The molecule has 23 heavy (non-hydrogen) atoms. The number of hydrogen-bond acceptors (Lipinski definition) is 5. The second-order valence-electron chi connectivity index (χ2n) is 7.20. The molecule has 0 aromatic rings. The van der Waals surface area contributed by atoms with E-state index in [1.165, 1.54) is 0 Å². The van der Waals surface area contributed by atoms with E-state index in [2.05, 4.69) is 12.2 Å². The van der Waals surface area contributed by atoms with Gasteiger partial charge in [-0.25, -0.2) is 4.79 Å². The Labute approximate surface area is 140 Å². The number of methoxy groups -OCH3 is 1. The SMILES string of the molecule is COCC(C)NCCCOC1CCN(C(=O)OC(C)(C)C)CC1. The van der Waals surface area contributed by atoms with E-state index >= 15 is 0 Å². The molecule has 1 atom stereocenters. The summed E-state index contributed by atoms with van der Waals surface area (Å²) < 4.78 is 16.4. The zero-order chi connectivity index (χ0) is 17.3. The van der Waals surface area contributed by atoms with E-state index < -0.39 is 5.60 Å². The molecule has 1 heterocycles. The highest BCUT2D eigenvalue weighted by Gasteiger charge is 2.26. The minimum Gasteiger partial charge on any atom is -0.444 e. The van der Waals surface area contributed by atoms with Crippen molar-refractivity contribution in [3.63, 3.8) is 0 Å². The predicted octanol–water partition coefficient (Wildman–Crippen LogP) is 2.42. The molecular formula is C17H34N2O4. The van der Waals surface area contributed by atoms with E-state index in [0.717, 1.165) is 39.0 Å². The first-order valence-corrected chi connectivity index (χ1v) is 8.63. The molecule has 1 unspecified atom stereocenters. The summed E-state index contributed by atoms with van der Waals surface area (Å²) in [5.74, 6) is 0. The van der Waals surface area contributed by atoms with Crippen LogP contribution in [-0.4, -0.2) is 68.7 Å². The maximum absolute atomic E-state index is 12.0. The lowest BCUT2D eigenvalue weighted by Crippen LogP contribution is -2.43. The predicted molar refractivity (Wildman–Crippen MR) is 90.7 cm³/mol. The zero-order valence-corrected chi connectivity index (χ0v) is 15.4. The van der Waals surface area contributed by atoms with Crippen LogP contribution in [0.25, 0.3) is 0 Å². The molecule has 1 fully saturated rings. The minimum absolute atomic E-state index is 0.215. The summed E-state index contributed by atoms with van der Waals surface area (Å²) in [6.45, 7) is 11.6. The second kappa shape index (κ2) is 10.1. The Morgan fingerprint density at radius 1 is 1.30 bits per heavy atom. The summed E-state index contributed by atoms with van der Waals surface area (Å²) >= 11 is 0. The smallest absolute Gasteiger partial charge is 0.410 e. The van der Waals surface area contributed by atoms with E-state index in [-0.39, 0.29) is 12.2 Å². The van der Waals surface area contributed by atoms with Crippen molar-refractivity contribution < 1.29 is 19.0 Å². The van der Waals surface area contributed by atoms with E-state index in [1.807, 2.05) is 20.8 Å². The molecule has 0 aliphatic carbocycles. The van der Waals surface area contributed by atoms with Crippen molar-refractivity contribution in [3.8, 4) is 0 Å². The number of nitrogens with zero attached hydrogens (tertiary/aromatic N) is 1. The van der Waals surface area contributed by atoms with Gasteiger partial charge < -0.3 is 24.4 Å². The van der Waals surface area contributed by atoms with Crippen molar-refractivity contribution in [2.45, 2.75) is 64.7 Å². The molecule has 0 saturated carbocycles.